The largest absolute Gasteiger partial charge is 0.497 e. The van der Waals surface area contributed by atoms with Crippen molar-refractivity contribution in [3.8, 4) is 5.75 Å². The molecule has 0 aliphatic carbocycles. The second kappa shape index (κ2) is 12.9. The Balaban J connectivity index is 2.37. The van der Waals surface area contributed by atoms with Gasteiger partial charge in [-0.05, 0) is 47.2 Å². The highest BCUT2D eigenvalue weighted by Crippen LogP contribution is 2.49. The third-order valence-corrected chi connectivity index (χ3v) is 14.3. The minimum absolute atomic E-state index is 0.182. The van der Waals surface area contributed by atoms with Crippen molar-refractivity contribution >= 4 is 8.32 Å². The van der Waals surface area contributed by atoms with E-state index in [4.69, 9.17) is 23.4 Å². The zero-order valence-corrected chi connectivity index (χ0v) is 25.0. The Hall–Kier alpha value is -1.18. The Labute approximate surface area is 215 Å². The van der Waals surface area contributed by atoms with E-state index in [0.29, 0.717) is 29.8 Å². The maximum absolute atomic E-state index is 6.98. The van der Waals surface area contributed by atoms with Gasteiger partial charge in [0.05, 0.1) is 31.8 Å². The summed E-state index contributed by atoms with van der Waals surface area (Å²) < 4.78 is 31.5. The molecular weight excluding hydrogens is 456 g/mol. The van der Waals surface area contributed by atoms with Crippen LogP contribution in [0, 0.1) is 11.3 Å². The second-order valence-electron chi connectivity index (χ2n) is 11.1. The zero-order valence-electron chi connectivity index (χ0n) is 24.0. The Bertz CT molecular complexity index is 769. The van der Waals surface area contributed by atoms with Gasteiger partial charge in [0.1, 0.15) is 11.9 Å². The smallest absolute Gasteiger partial charge is 0.200 e. The van der Waals surface area contributed by atoms with Crippen molar-refractivity contribution in [3.63, 3.8) is 0 Å². The van der Waals surface area contributed by atoms with Crippen molar-refractivity contribution in [3.05, 3.63) is 42.0 Å². The minimum Gasteiger partial charge on any atom is -0.497 e. The molecule has 0 saturated carbocycles. The van der Waals surface area contributed by atoms with Gasteiger partial charge in [-0.15, -0.1) is 0 Å². The molecule has 1 aliphatic heterocycles. The molecule has 200 valence electrons. The molecule has 1 saturated heterocycles. The van der Waals surface area contributed by atoms with Crippen LogP contribution in [0.3, 0.4) is 0 Å². The van der Waals surface area contributed by atoms with Crippen LogP contribution in [0.15, 0.2) is 36.4 Å². The van der Waals surface area contributed by atoms with E-state index in [1.165, 1.54) is 0 Å². The predicted molar refractivity (Wildman–Crippen MR) is 146 cm³/mol. The first kappa shape index (κ1) is 30.0. The van der Waals surface area contributed by atoms with Gasteiger partial charge in [-0.2, -0.15) is 0 Å². The topological polar surface area (TPSA) is 46.2 Å². The fraction of sp³-hybridized carbons (Fsp3) is 0.724. The van der Waals surface area contributed by atoms with Gasteiger partial charge in [0.25, 0.3) is 0 Å². The van der Waals surface area contributed by atoms with Gasteiger partial charge < -0.3 is 23.4 Å². The van der Waals surface area contributed by atoms with Crippen molar-refractivity contribution < 1.29 is 23.4 Å². The number of hydrogen-bond acceptors (Lipinski definition) is 5. The molecule has 35 heavy (non-hydrogen) atoms. The number of methoxy groups -OCH3 is 2. The van der Waals surface area contributed by atoms with E-state index in [0.717, 1.165) is 11.3 Å². The summed E-state index contributed by atoms with van der Waals surface area (Å²) in [6, 6.07) is 8.04. The normalized spacial score (nSPS) is 26.4. The molecule has 2 rings (SSSR count). The summed E-state index contributed by atoms with van der Waals surface area (Å²) in [5, 5.41) is 0. The number of allylic oxidation sites excluding steroid dienone is 2. The first-order valence-electron chi connectivity index (χ1n) is 13.2. The first-order chi connectivity index (χ1) is 16.5. The summed E-state index contributed by atoms with van der Waals surface area (Å²) in [6.07, 6.45) is 3.55. The summed E-state index contributed by atoms with van der Waals surface area (Å²) in [7, 11) is 1.36. The van der Waals surface area contributed by atoms with Crippen LogP contribution < -0.4 is 4.74 Å². The Kier molecular flexibility index (Phi) is 11.0. The van der Waals surface area contributed by atoms with E-state index >= 15 is 0 Å². The van der Waals surface area contributed by atoms with Gasteiger partial charge in [0.15, 0.2) is 14.6 Å². The van der Waals surface area contributed by atoms with Crippen molar-refractivity contribution in [2.45, 2.75) is 104 Å². The molecule has 0 N–H and O–H groups in total. The Morgan fingerprint density at radius 1 is 0.971 bits per heavy atom. The molecule has 0 bridgehead atoms. The third-order valence-electron chi connectivity index (χ3n) is 8.23. The highest BCUT2D eigenvalue weighted by molar-refractivity contribution is 6.77. The highest BCUT2D eigenvalue weighted by Gasteiger charge is 2.58. The lowest BCUT2D eigenvalue weighted by Gasteiger charge is -2.43. The molecule has 1 heterocycles. The number of hydrogen-bond donors (Lipinski definition) is 0. The molecular formula is C29H50O5Si. The maximum atomic E-state index is 6.98. The summed E-state index contributed by atoms with van der Waals surface area (Å²) >= 11 is 0. The van der Waals surface area contributed by atoms with Crippen LogP contribution in [0.1, 0.15) is 67.9 Å². The molecule has 0 radical (unpaired) electrons. The van der Waals surface area contributed by atoms with E-state index in [9.17, 15) is 0 Å². The third kappa shape index (κ3) is 6.21. The summed E-state index contributed by atoms with van der Waals surface area (Å²) in [6.45, 7) is 21.4. The van der Waals surface area contributed by atoms with Crippen LogP contribution in [0.4, 0.5) is 0 Å². The van der Waals surface area contributed by atoms with E-state index in [1.807, 2.05) is 12.1 Å². The Morgan fingerprint density at radius 3 is 2.00 bits per heavy atom. The van der Waals surface area contributed by atoms with Crippen molar-refractivity contribution in [1.29, 1.82) is 0 Å². The van der Waals surface area contributed by atoms with Gasteiger partial charge in [-0.3, -0.25) is 0 Å². The molecule has 0 spiro atoms. The lowest BCUT2D eigenvalue weighted by atomic mass is 9.72. The van der Waals surface area contributed by atoms with Crippen LogP contribution in [0.5, 0.6) is 5.75 Å². The van der Waals surface area contributed by atoms with Gasteiger partial charge in [-0.1, -0.05) is 79.7 Å². The van der Waals surface area contributed by atoms with Crippen LogP contribution in [0.2, 0.25) is 16.6 Å². The van der Waals surface area contributed by atoms with Gasteiger partial charge in [0.2, 0.25) is 0 Å². The van der Waals surface area contributed by atoms with Crippen LogP contribution in [-0.2, 0) is 25.2 Å². The van der Waals surface area contributed by atoms with Gasteiger partial charge in [-0.25, -0.2) is 0 Å². The molecule has 5 atom stereocenters. The van der Waals surface area contributed by atoms with Crippen molar-refractivity contribution in [1.82, 2.24) is 0 Å². The standard InChI is InChI=1S/C29H50O5Si/c1-12-13-23(8)29(9)27(32-18-24-14-16-25(30-10)17-15-24)26(34-28(29)31-11)19-33-35(20(2)3,21(4)5)22(6)7/h12-17,20-23,26-28H,18-19H2,1-11H3/b13-12-/t23?,26-,27+,28+,29+/m1/s1. The molecule has 1 aromatic carbocycles. The lowest BCUT2D eigenvalue weighted by Crippen LogP contribution is -2.51. The molecule has 6 heteroatoms. The summed E-state index contributed by atoms with van der Waals surface area (Å²) in [5.41, 5.74) is 2.26. The van der Waals surface area contributed by atoms with Crippen LogP contribution in [-0.4, -0.2) is 47.6 Å². The van der Waals surface area contributed by atoms with Crippen molar-refractivity contribution in [2.24, 2.45) is 11.3 Å². The predicted octanol–water partition coefficient (Wildman–Crippen LogP) is 7.36. The van der Waals surface area contributed by atoms with Gasteiger partial charge in [0, 0.05) is 7.11 Å². The molecule has 1 unspecified atom stereocenters. The molecule has 1 aromatic rings. The molecule has 0 amide bonds. The number of rotatable bonds is 13. The van der Waals surface area contributed by atoms with E-state index in [2.05, 4.69) is 86.6 Å². The lowest BCUT2D eigenvalue weighted by molar-refractivity contribution is -0.166. The fourth-order valence-corrected chi connectivity index (χ4v) is 11.7. The van der Waals surface area contributed by atoms with E-state index < -0.39 is 8.32 Å². The van der Waals surface area contributed by atoms with Crippen LogP contribution >= 0.6 is 0 Å². The van der Waals surface area contributed by atoms with Crippen LogP contribution in [0.25, 0.3) is 0 Å². The monoisotopic (exact) mass is 506 g/mol. The first-order valence-corrected chi connectivity index (χ1v) is 15.3. The minimum atomic E-state index is -2.05. The quantitative estimate of drug-likeness (QED) is 0.206. The molecule has 1 aliphatic rings. The highest BCUT2D eigenvalue weighted by atomic mass is 28.4. The zero-order chi connectivity index (χ0) is 26.4. The average Bonchev–Trinajstić information content (AvgIpc) is 3.09. The molecule has 5 nitrogen and oxygen atoms in total. The Morgan fingerprint density at radius 2 is 1.54 bits per heavy atom. The number of ether oxygens (including phenoxy) is 4. The molecule has 1 fully saturated rings. The second-order valence-corrected chi connectivity index (χ2v) is 16.6. The number of benzene rings is 1. The summed E-state index contributed by atoms with van der Waals surface area (Å²) in [5.74, 6) is 1.04. The van der Waals surface area contributed by atoms with E-state index in [-0.39, 0.29) is 29.8 Å². The molecule has 0 aromatic heterocycles. The van der Waals surface area contributed by atoms with Crippen molar-refractivity contribution in [2.75, 3.05) is 20.8 Å². The van der Waals surface area contributed by atoms with Gasteiger partial charge >= 0.3 is 0 Å². The maximum Gasteiger partial charge on any atom is 0.200 e. The van der Waals surface area contributed by atoms with E-state index in [1.54, 1.807) is 14.2 Å². The summed E-state index contributed by atoms with van der Waals surface area (Å²) in [4.78, 5) is 0. The average molecular weight is 507 g/mol. The SMILES string of the molecule is C/C=C\C(C)[C@]1(C)[C@@H](OC)O[C@H](CO[Si](C(C)C)(C(C)C)C(C)C)[C@@H]1OCc1ccc(OC)cc1. The fourth-order valence-electron chi connectivity index (χ4n) is 6.24.